The highest BCUT2D eigenvalue weighted by Gasteiger charge is 2.29. The van der Waals surface area contributed by atoms with Crippen LogP contribution in [0.2, 0.25) is 0 Å². The number of nitrogens with one attached hydrogen (secondary N) is 2. The van der Waals surface area contributed by atoms with Crippen LogP contribution in [0.3, 0.4) is 0 Å². The molecule has 0 saturated carbocycles. The van der Waals surface area contributed by atoms with Crippen molar-refractivity contribution in [3.63, 3.8) is 0 Å². The van der Waals surface area contributed by atoms with Crippen LogP contribution in [0.15, 0.2) is 70.6 Å². The first-order chi connectivity index (χ1) is 13.5. The lowest BCUT2D eigenvalue weighted by atomic mass is 9.85. The second-order valence-corrected chi connectivity index (χ2v) is 6.49. The van der Waals surface area contributed by atoms with Crippen molar-refractivity contribution in [2.45, 2.75) is 12.5 Å². The summed E-state index contributed by atoms with van der Waals surface area (Å²) < 4.78 is 5.16. The van der Waals surface area contributed by atoms with Crippen LogP contribution in [0.5, 0.6) is 0 Å². The van der Waals surface area contributed by atoms with Crippen molar-refractivity contribution >= 4 is 17.8 Å². The van der Waals surface area contributed by atoms with Crippen molar-refractivity contribution in [3.05, 3.63) is 88.5 Å². The van der Waals surface area contributed by atoms with Crippen LogP contribution >= 0.6 is 0 Å². The first kappa shape index (κ1) is 19.2. The third-order valence-electron chi connectivity index (χ3n) is 4.68. The van der Waals surface area contributed by atoms with Gasteiger partial charge in [-0.3, -0.25) is 10.2 Å². The Hall–Kier alpha value is -3.61. The van der Waals surface area contributed by atoms with E-state index in [1.807, 2.05) is 24.3 Å². The van der Waals surface area contributed by atoms with Crippen LogP contribution in [-0.4, -0.2) is 36.3 Å². The van der Waals surface area contributed by atoms with Gasteiger partial charge in [-0.05, 0) is 41.1 Å². The van der Waals surface area contributed by atoms with Crippen LogP contribution in [0.1, 0.15) is 22.8 Å². The van der Waals surface area contributed by atoms with Crippen molar-refractivity contribution in [1.82, 2.24) is 10.2 Å². The fourth-order valence-electron chi connectivity index (χ4n) is 3.34. The minimum Gasteiger partial charge on any atom is -0.810 e. The zero-order valence-electron chi connectivity index (χ0n) is 15.6. The zero-order chi connectivity index (χ0) is 20.1. The van der Waals surface area contributed by atoms with Crippen LogP contribution in [0, 0.1) is 5.41 Å². The molecule has 4 N–H and O–H groups in total. The average molecular weight is 376 g/mol. The predicted molar refractivity (Wildman–Crippen MR) is 109 cm³/mol. The molecule has 0 aliphatic carbocycles. The smallest absolute Gasteiger partial charge is 0.270 e. The molecular weight excluding hydrogens is 354 g/mol. The molecule has 1 aliphatic heterocycles. The molecular formula is C21H22N5O2-. The maximum Gasteiger partial charge on any atom is 0.270 e. The molecule has 7 heteroatoms. The van der Waals surface area contributed by atoms with Crippen molar-refractivity contribution in [2.24, 2.45) is 5.73 Å². The summed E-state index contributed by atoms with van der Waals surface area (Å²) in [4.78, 5) is 14.6. The number of hydrogen-bond acceptors (Lipinski definition) is 5. The molecule has 0 saturated heterocycles. The number of amides is 1. The highest BCUT2D eigenvalue weighted by molar-refractivity contribution is 6.09. The maximum atomic E-state index is 12.9. The normalized spacial score (nSPS) is 17.0. The third kappa shape index (κ3) is 3.88. The highest BCUT2D eigenvalue weighted by Crippen LogP contribution is 2.33. The van der Waals surface area contributed by atoms with Gasteiger partial charge in [-0.25, -0.2) is 0 Å². The Morgan fingerprint density at radius 3 is 2.82 bits per heavy atom. The Bertz CT molecular complexity index is 943. The molecule has 0 radical (unpaired) electrons. The zero-order valence-corrected chi connectivity index (χ0v) is 15.6. The molecule has 3 rings (SSSR count). The van der Waals surface area contributed by atoms with E-state index < -0.39 is 0 Å². The maximum absolute atomic E-state index is 12.9. The van der Waals surface area contributed by atoms with E-state index in [0.717, 1.165) is 17.3 Å². The van der Waals surface area contributed by atoms with Gasteiger partial charge in [0.2, 0.25) is 0 Å². The summed E-state index contributed by atoms with van der Waals surface area (Å²) >= 11 is 0. The van der Waals surface area contributed by atoms with Gasteiger partial charge in [0.05, 0.1) is 17.7 Å². The van der Waals surface area contributed by atoms with Gasteiger partial charge in [0.1, 0.15) is 0 Å². The van der Waals surface area contributed by atoms with E-state index in [-0.39, 0.29) is 23.2 Å². The number of furan rings is 1. The number of hydrogen-bond donors (Lipinski definition) is 3. The Kier molecular flexibility index (Phi) is 5.74. The van der Waals surface area contributed by atoms with Gasteiger partial charge in [0.25, 0.3) is 5.91 Å². The molecule has 1 aromatic carbocycles. The summed E-state index contributed by atoms with van der Waals surface area (Å²) in [6.45, 7) is 0.773. The van der Waals surface area contributed by atoms with Crippen molar-refractivity contribution in [2.75, 3.05) is 13.6 Å². The van der Waals surface area contributed by atoms with E-state index in [2.05, 4.69) is 5.32 Å². The summed E-state index contributed by atoms with van der Waals surface area (Å²) in [6.07, 6.45) is 5.53. The molecule has 1 atom stereocenters. The average Bonchev–Trinajstić information content (AvgIpc) is 3.25. The Labute approximate surface area is 163 Å². The van der Waals surface area contributed by atoms with Gasteiger partial charge in [-0.1, -0.05) is 24.3 Å². The van der Waals surface area contributed by atoms with Gasteiger partial charge < -0.3 is 25.8 Å². The first-order valence-corrected chi connectivity index (χ1v) is 8.86. The van der Waals surface area contributed by atoms with Crippen molar-refractivity contribution < 1.29 is 9.21 Å². The quantitative estimate of drug-likeness (QED) is 0.530. The molecule has 28 heavy (non-hydrogen) atoms. The predicted octanol–water partition coefficient (Wildman–Crippen LogP) is 2.36. The van der Waals surface area contributed by atoms with E-state index in [9.17, 15) is 10.2 Å². The lowest BCUT2D eigenvalue weighted by molar-refractivity contribution is -0.128. The summed E-state index contributed by atoms with van der Waals surface area (Å²) in [5.74, 6) is -0.215. The molecule has 0 bridgehead atoms. The SMILES string of the molecule is CN/C=C(\C=[N-])C1CN(C(=O)/C(N)=C/C(=N)c2ccco2)Cc2ccccc21. The summed E-state index contributed by atoms with van der Waals surface area (Å²) in [5, 5.41) is 20.6. The topological polar surface area (TPSA) is 118 Å². The molecule has 2 aromatic rings. The van der Waals surface area contributed by atoms with Crippen LogP contribution in [0.4, 0.5) is 0 Å². The summed E-state index contributed by atoms with van der Waals surface area (Å²) in [6, 6.07) is 11.1. The van der Waals surface area contributed by atoms with E-state index in [1.165, 1.54) is 12.3 Å². The number of fused-ring (bicyclic) bond motifs is 1. The second-order valence-electron chi connectivity index (χ2n) is 6.49. The Balaban J connectivity index is 1.88. The first-order valence-electron chi connectivity index (χ1n) is 8.86. The van der Waals surface area contributed by atoms with Gasteiger partial charge >= 0.3 is 0 Å². The van der Waals surface area contributed by atoms with E-state index >= 15 is 0 Å². The number of nitrogens with zero attached hydrogens (tertiary/aromatic N) is 2. The standard InChI is InChI=1S/C21H22N5O2/c1-25-11-15(10-22)17-13-26(12-14-5-2-3-6-16(14)17)21(27)19(24)9-18(23)20-7-4-8-28-20/h2-11,17,23,25H,12-13,24H2,1H3/q-1/b15-11+,19-9-,23-18?. The molecule has 144 valence electrons. The minimum atomic E-state index is -0.363. The van der Waals surface area contributed by atoms with E-state index in [0.29, 0.717) is 24.4 Å². The lowest BCUT2D eigenvalue weighted by Crippen LogP contribution is -2.41. The molecule has 1 aliphatic rings. The fraction of sp³-hybridized carbons (Fsp3) is 0.190. The van der Waals surface area contributed by atoms with Crippen molar-refractivity contribution in [1.29, 1.82) is 5.41 Å². The van der Waals surface area contributed by atoms with Crippen LogP contribution < -0.4 is 11.1 Å². The molecule has 1 aromatic heterocycles. The van der Waals surface area contributed by atoms with Crippen LogP contribution in [0.25, 0.3) is 5.41 Å². The third-order valence-corrected chi connectivity index (χ3v) is 4.68. The van der Waals surface area contributed by atoms with E-state index in [4.69, 9.17) is 15.6 Å². The van der Waals surface area contributed by atoms with Gasteiger partial charge in [0.15, 0.2) is 5.76 Å². The molecule has 2 heterocycles. The molecule has 0 spiro atoms. The molecule has 1 unspecified atom stereocenters. The lowest BCUT2D eigenvalue weighted by Gasteiger charge is -2.36. The summed E-state index contributed by atoms with van der Waals surface area (Å²) in [7, 11) is 1.75. The Morgan fingerprint density at radius 1 is 1.36 bits per heavy atom. The second kappa shape index (κ2) is 8.39. The monoisotopic (exact) mass is 376 g/mol. The fourth-order valence-corrected chi connectivity index (χ4v) is 3.34. The number of carbonyl (C=O) groups is 1. The Morgan fingerprint density at radius 2 is 2.14 bits per heavy atom. The van der Waals surface area contributed by atoms with E-state index in [1.54, 1.807) is 30.3 Å². The summed E-state index contributed by atoms with van der Waals surface area (Å²) in [5.41, 5.74) is 8.70. The number of benzene rings is 1. The largest absolute Gasteiger partial charge is 0.810 e. The minimum absolute atomic E-state index is 0.0317. The van der Waals surface area contributed by atoms with Gasteiger partial charge in [-0.15, -0.1) is 0 Å². The molecule has 0 fully saturated rings. The number of rotatable bonds is 6. The number of nitrogens with two attached hydrogens (primary N) is 1. The number of carbonyl (C=O) groups excluding carboxylic acids is 1. The van der Waals surface area contributed by atoms with Crippen molar-refractivity contribution in [3.8, 4) is 0 Å². The molecule has 1 amide bonds. The van der Waals surface area contributed by atoms with Gasteiger partial charge in [0, 0.05) is 26.1 Å². The number of allylic oxidation sites excluding steroid dienone is 1. The highest BCUT2D eigenvalue weighted by atomic mass is 16.3. The molecule has 7 nitrogen and oxygen atoms in total. The van der Waals surface area contributed by atoms with Crippen LogP contribution in [-0.2, 0) is 11.3 Å². The van der Waals surface area contributed by atoms with Gasteiger partial charge in [-0.2, -0.15) is 6.21 Å².